The molecule has 11 heteroatoms. The molecule has 0 aliphatic heterocycles. The molecule has 0 saturated carbocycles. The SMILES string of the molecule is COc1ccccc1OCCNC(=O)c1ccc(NS(=O)(=O)c2cccc([N+](=O)[O-])c2)cc1. The number of nitro benzene ring substituents is 1. The van der Waals surface area contributed by atoms with Gasteiger partial charge in [-0.25, -0.2) is 8.42 Å². The van der Waals surface area contributed by atoms with Gasteiger partial charge in [0.05, 0.1) is 23.5 Å². The first-order valence-electron chi connectivity index (χ1n) is 9.71. The molecule has 0 aliphatic carbocycles. The Balaban J connectivity index is 1.55. The van der Waals surface area contributed by atoms with Crippen LogP contribution in [-0.2, 0) is 10.0 Å². The van der Waals surface area contributed by atoms with Crippen LogP contribution in [0.1, 0.15) is 10.4 Å². The van der Waals surface area contributed by atoms with Crippen molar-refractivity contribution < 1.29 is 27.6 Å². The van der Waals surface area contributed by atoms with E-state index in [9.17, 15) is 23.3 Å². The van der Waals surface area contributed by atoms with Gasteiger partial charge in [0.25, 0.3) is 21.6 Å². The number of para-hydroxylation sites is 2. The lowest BCUT2D eigenvalue weighted by Gasteiger charge is -2.11. The number of anilines is 1. The fourth-order valence-electron chi connectivity index (χ4n) is 2.83. The number of rotatable bonds is 10. The number of methoxy groups -OCH3 is 1. The third kappa shape index (κ3) is 6.20. The number of nitro groups is 1. The van der Waals surface area contributed by atoms with Crippen LogP contribution < -0.4 is 19.5 Å². The summed E-state index contributed by atoms with van der Waals surface area (Å²) < 4.78 is 38.1. The quantitative estimate of drug-likeness (QED) is 0.263. The summed E-state index contributed by atoms with van der Waals surface area (Å²) >= 11 is 0. The van der Waals surface area contributed by atoms with Gasteiger partial charge in [0.2, 0.25) is 0 Å². The van der Waals surface area contributed by atoms with E-state index in [0.29, 0.717) is 17.1 Å². The smallest absolute Gasteiger partial charge is 0.270 e. The molecule has 2 N–H and O–H groups in total. The van der Waals surface area contributed by atoms with Gasteiger partial charge < -0.3 is 14.8 Å². The first-order chi connectivity index (χ1) is 15.8. The summed E-state index contributed by atoms with van der Waals surface area (Å²) in [6.45, 7) is 0.477. The summed E-state index contributed by atoms with van der Waals surface area (Å²) in [5.41, 5.74) is 0.197. The van der Waals surface area contributed by atoms with Crippen LogP contribution in [0.2, 0.25) is 0 Å². The van der Waals surface area contributed by atoms with Crippen molar-refractivity contribution >= 4 is 27.3 Å². The van der Waals surface area contributed by atoms with E-state index >= 15 is 0 Å². The molecule has 3 rings (SSSR count). The fourth-order valence-corrected chi connectivity index (χ4v) is 3.93. The van der Waals surface area contributed by atoms with E-state index < -0.39 is 14.9 Å². The third-order valence-corrected chi connectivity index (χ3v) is 5.83. The highest BCUT2D eigenvalue weighted by molar-refractivity contribution is 7.92. The van der Waals surface area contributed by atoms with E-state index in [-0.39, 0.29) is 35.3 Å². The van der Waals surface area contributed by atoms with E-state index in [1.54, 1.807) is 12.1 Å². The molecule has 33 heavy (non-hydrogen) atoms. The number of sulfonamides is 1. The summed E-state index contributed by atoms with van der Waals surface area (Å²) in [7, 11) is -2.49. The van der Waals surface area contributed by atoms with Gasteiger partial charge in [0.1, 0.15) is 6.61 Å². The van der Waals surface area contributed by atoms with Gasteiger partial charge >= 0.3 is 0 Å². The van der Waals surface area contributed by atoms with Crippen LogP contribution in [0.3, 0.4) is 0 Å². The van der Waals surface area contributed by atoms with Gasteiger partial charge in [0.15, 0.2) is 11.5 Å². The third-order valence-electron chi connectivity index (χ3n) is 4.45. The lowest BCUT2D eigenvalue weighted by molar-refractivity contribution is -0.385. The molecule has 0 bridgehead atoms. The van der Waals surface area contributed by atoms with Crippen molar-refractivity contribution in [2.75, 3.05) is 25.0 Å². The minimum absolute atomic E-state index is 0.206. The maximum absolute atomic E-state index is 12.5. The Morgan fingerprint density at radius 1 is 1.00 bits per heavy atom. The van der Waals surface area contributed by atoms with Crippen molar-refractivity contribution in [3.63, 3.8) is 0 Å². The van der Waals surface area contributed by atoms with Crippen LogP contribution in [0, 0.1) is 10.1 Å². The van der Waals surface area contributed by atoms with Gasteiger partial charge in [-0.15, -0.1) is 0 Å². The van der Waals surface area contributed by atoms with Gasteiger partial charge in [-0.2, -0.15) is 0 Å². The van der Waals surface area contributed by atoms with E-state index in [1.165, 1.54) is 49.6 Å². The molecule has 3 aromatic carbocycles. The number of non-ortho nitro benzene ring substituents is 1. The molecule has 0 spiro atoms. The van der Waals surface area contributed by atoms with Crippen molar-refractivity contribution in [3.8, 4) is 11.5 Å². The molecule has 0 unspecified atom stereocenters. The van der Waals surface area contributed by atoms with Crippen molar-refractivity contribution in [2.24, 2.45) is 0 Å². The average Bonchev–Trinajstić information content (AvgIpc) is 2.82. The minimum atomic E-state index is -4.03. The van der Waals surface area contributed by atoms with Crippen molar-refractivity contribution in [1.29, 1.82) is 0 Å². The number of ether oxygens (including phenoxy) is 2. The topological polar surface area (TPSA) is 137 Å². The molecule has 0 atom stereocenters. The highest BCUT2D eigenvalue weighted by Crippen LogP contribution is 2.25. The molecule has 0 heterocycles. The number of nitrogens with zero attached hydrogens (tertiary/aromatic N) is 1. The van der Waals surface area contributed by atoms with E-state index in [2.05, 4.69) is 10.0 Å². The molecule has 3 aromatic rings. The molecule has 0 aliphatic rings. The van der Waals surface area contributed by atoms with E-state index in [4.69, 9.17) is 9.47 Å². The summed E-state index contributed by atoms with van der Waals surface area (Å²) in [6.07, 6.45) is 0. The molecule has 0 radical (unpaired) electrons. The van der Waals surface area contributed by atoms with Crippen LogP contribution in [0.5, 0.6) is 11.5 Å². The zero-order valence-electron chi connectivity index (χ0n) is 17.6. The number of benzene rings is 3. The normalized spacial score (nSPS) is 10.8. The second kappa shape index (κ2) is 10.5. The number of amides is 1. The summed E-state index contributed by atoms with van der Waals surface area (Å²) in [5, 5.41) is 13.6. The molecule has 1 amide bonds. The Kier molecular flexibility index (Phi) is 7.46. The maximum atomic E-state index is 12.5. The first-order valence-corrected chi connectivity index (χ1v) is 11.2. The number of carbonyl (C=O) groups excluding carboxylic acids is 1. The fraction of sp³-hybridized carbons (Fsp3) is 0.136. The Morgan fingerprint density at radius 3 is 2.36 bits per heavy atom. The predicted molar refractivity (Wildman–Crippen MR) is 121 cm³/mol. The van der Waals surface area contributed by atoms with Crippen molar-refractivity contribution in [3.05, 3.63) is 88.5 Å². The maximum Gasteiger partial charge on any atom is 0.270 e. The zero-order valence-corrected chi connectivity index (χ0v) is 18.4. The highest BCUT2D eigenvalue weighted by Gasteiger charge is 2.18. The molecular formula is C22H21N3O7S. The number of hydrogen-bond acceptors (Lipinski definition) is 7. The molecule has 0 fully saturated rings. The molecule has 10 nitrogen and oxygen atoms in total. The summed E-state index contributed by atoms with van der Waals surface area (Å²) in [5.74, 6) is 0.799. The largest absolute Gasteiger partial charge is 0.493 e. The number of carbonyl (C=O) groups is 1. The number of hydrogen-bond donors (Lipinski definition) is 2. The van der Waals surface area contributed by atoms with Crippen LogP contribution >= 0.6 is 0 Å². The molecule has 172 valence electrons. The minimum Gasteiger partial charge on any atom is -0.493 e. The van der Waals surface area contributed by atoms with Gasteiger partial charge in [-0.3, -0.25) is 19.6 Å². The van der Waals surface area contributed by atoms with Crippen LogP contribution in [0.4, 0.5) is 11.4 Å². The zero-order chi connectivity index (χ0) is 23.8. The Morgan fingerprint density at radius 2 is 1.70 bits per heavy atom. The van der Waals surface area contributed by atoms with Crippen LogP contribution in [0.15, 0.2) is 77.7 Å². The average molecular weight is 471 g/mol. The number of nitrogens with one attached hydrogen (secondary N) is 2. The van der Waals surface area contributed by atoms with Gasteiger partial charge in [-0.1, -0.05) is 18.2 Å². The van der Waals surface area contributed by atoms with E-state index in [1.807, 2.05) is 12.1 Å². The standard InChI is InChI=1S/C22H21N3O7S/c1-31-20-7-2-3-8-21(20)32-14-13-23-22(26)16-9-11-17(12-10-16)24-33(29,30)19-6-4-5-18(15-19)25(27)28/h2-12,15,24H,13-14H2,1H3,(H,23,26). The predicted octanol–water partition coefficient (Wildman–Crippen LogP) is 3.21. The lowest BCUT2D eigenvalue weighted by Crippen LogP contribution is -2.28. The molecule has 0 aromatic heterocycles. The Bertz CT molecular complexity index is 1240. The van der Waals surface area contributed by atoms with E-state index in [0.717, 1.165) is 6.07 Å². The Labute approximate surface area is 190 Å². The Hall–Kier alpha value is -4.12. The second-order valence-electron chi connectivity index (χ2n) is 6.69. The van der Waals surface area contributed by atoms with Gasteiger partial charge in [-0.05, 0) is 42.5 Å². The summed E-state index contributed by atoms with van der Waals surface area (Å²) in [4.78, 5) is 22.3. The highest BCUT2D eigenvalue weighted by atomic mass is 32.2. The first kappa shape index (κ1) is 23.5. The monoisotopic (exact) mass is 471 g/mol. The molecular weight excluding hydrogens is 450 g/mol. The van der Waals surface area contributed by atoms with Crippen LogP contribution in [-0.4, -0.2) is 39.5 Å². The van der Waals surface area contributed by atoms with Gasteiger partial charge in [0, 0.05) is 23.4 Å². The van der Waals surface area contributed by atoms with Crippen molar-refractivity contribution in [2.45, 2.75) is 4.90 Å². The molecule has 0 saturated heterocycles. The second-order valence-corrected chi connectivity index (χ2v) is 8.37. The van der Waals surface area contributed by atoms with Crippen molar-refractivity contribution in [1.82, 2.24) is 5.32 Å². The van der Waals surface area contributed by atoms with Crippen LogP contribution in [0.25, 0.3) is 0 Å². The lowest BCUT2D eigenvalue weighted by atomic mass is 10.2. The summed E-state index contributed by atoms with van der Waals surface area (Å²) in [6, 6.07) is 17.6.